The average Bonchev–Trinajstić information content (AvgIpc) is 3.49. The first-order valence-corrected chi connectivity index (χ1v) is 12.7. The summed E-state index contributed by atoms with van der Waals surface area (Å²) in [5, 5.41) is 6.77. The van der Waals surface area contributed by atoms with Crippen molar-refractivity contribution < 1.29 is 0 Å². The molecule has 0 saturated heterocycles. The number of aromatic amines is 2. The fourth-order valence-electron chi connectivity index (χ4n) is 4.90. The van der Waals surface area contributed by atoms with Crippen LogP contribution in [0, 0.1) is 10.8 Å². The van der Waals surface area contributed by atoms with Crippen LogP contribution in [0.25, 0.3) is 33.6 Å². The van der Waals surface area contributed by atoms with Gasteiger partial charge in [0, 0.05) is 0 Å². The van der Waals surface area contributed by atoms with Crippen LogP contribution in [-0.4, -0.2) is 34.0 Å². The number of H-pyrrole nitrogens is 2. The van der Waals surface area contributed by atoms with Gasteiger partial charge in [0.15, 0.2) is 0 Å². The van der Waals surface area contributed by atoms with Crippen LogP contribution in [0.3, 0.4) is 0 Å². The Morgan fingerprint density at radius 2 is 0.861 bits per heavy atom. The van der Waals surface area contributed by atoms with Gasteiger partial charge in [0.25, 0.3) is 0 Å². The Morgan fingerprint density at radius 3 is 1.14 bits per heavy atom. The van der Waals surface area contributed by atoms with Crippen LogP contribution in [0.2, 0.25) is 0 Å². The van der Waals surface area contributed by atoms with E-state index >= 15 is 0 Å². The van der Waals surface area contributed by atoms with Crippen molar-refractivity contribution in [3.8, 4) is 33.6 Å². The molecule has 6 nitrogen and oxygen atoms in total. The van der Waals surface area contributed by atoms with Gasteiger partial charge in [0.2, 0.25) is 0 Å². The summed E-state index contributed by atoms with van der Waals surface area (Å²) in [6, 6.07) is 17.6. The molecule has 0 saturated carbocycles. The zero-order valence-electron chi connectivity index (χ0n) is 22.8. The summed E-state index contributed by atoms with van der Waals surface area (Å²) >= 11 is 0. The molecular formula is C30H40N6. The first-order valence-electron chi connectivity index (χ1n) is 12.7. The largest absolute Gasteiger partial charge is 0.341 e. The summed E-state index contributed by atoms with van der Waals surface area (Å²) in [4.78, 5) is 16.3. The fraction of sp³-hybridized carbons (Fsp3) is 0.400. The molecule has 36 heavy (non-hydrogen) atoms. The zero-order valence-corrected chi connectivity index (χ0v) is 22.8. The Balaban J connectivity index is 1.50. The summed E-state index contributed by atoms with van der Waals surface area (Å²) in [6.45, 7) is 13.3. The maximum atomic E-state index is 4.65. The van der Waals surface area contributed by atoms with Crippen LogP contribution < -0.4 is 10.6 Å². The van der Waals surface area contributed by atoms with Crippen LogP contribution in [0.4, 0.5) is 0 Å². The van der Waals surface area contributed by atoms with Crippen molar-refractivity contribution in [3.63, 3.8) is 0 Å². The molecular weight excluding hydrogens is 444 g/mol. The number of nitrogens with one attached hydrogen (secondary N) is 4. The molecule has 0 aliphatic rings. The molecule has 0 radical (unpaired) electrons. The Labute approximate surface area is 215 Å². The highest BCUT2D eigenvalue weighted by Gasteiger charge is 2.28. The summed E-state index contributed by atoms with van der Waals surface area (Å²) in [5.41, 5.74) is 6.81. The fourth-order valence-corrected chi connectivity index (χ4v) is 4.90. The second-order valence-corrected chi connectivity index (χ2v) is 11.7. The number of rotatable bonds is 7. The molecule has 0 spiro atoms. The van der Waals surface area contributed by atoms with Gasteiger partial charge in [-0.15, -0.1) is 0 Å². The molecule has 4 aromatic rings. The Kier molecular flexibility index (Phi) is 7.21. The standard InChI is InChI=1S/C30H40N6/c1-29(2,3)25(31-7)27-33-17-23(35-27)21-13-9-19(10-14-21)20-11-15-22(16-12-20)24-18-34-28(36-24)26(32-8)30(4,5)6/h9-18,25-26,31-32H,1-8H3,(H,33,35)(H,34,36)/t25-,26?/m1/s1. The van der Waals surface area contributed by atoms with Gasteiger partial charge >= 0.3 is 0 Å². The first-order chi connectivity index (χ1) is 17.0. The van der Waals surface area contributed by atoms with E-state index in [1.165, 1.54) is 11.1 Å². The van der Waals surface area contributed by atoms with Gasteiger partial charge in [-0.1, -0.05) is 90.1 Å². The summed E-state index contributed by atoms with van der Waals surface area (Å²) in [7, 11) is 3.96. The van der Waals surface area contributed by atoms with Crippen LogP contribution in [0.5, 0.6) is 0 Å². The van der Waals surface area contributed by atoms with Gasteiger partial charge in [0.1, 0.15) is 11.6 Å². The second-order valence-electron chi connectivity index (χ2n) is 11.7. The molecule has 4 rings (SSSR count). The van der Waals surface area contributed by atoms with E-state index in [0.29, 0.717) is 0 Å². The molecule has 0 amide bonds. The van der Waals surface area contributed by atoms with Crippen LogP contribution >= 0.6 is 0 Å². The van der Waals surface area contributed by atoms with Gasteiger partial charge in [-0.3, -0.25) is 0 Å². The Bertz CT molecular complexity index is 1160. The Morgan fingerprint density at radius 1 is 0.556 bits per heavy atom. The van der Waals surface area contributed by atoms with Gasteiger partial charge in [-0.25, -0.2) is 9.97 Å². The minimum Gasteiger partial charge on any atom is -0.341 e. The van der Waals surface area contributed by atoms with Crippen molar-refractivity contribution in [2.24, 2.45) is 10.8 Å². The topological polar surface area (TPSA) is 81.4 Å². The lowest BCUT2D eigenvalue weighted by Gasteiger charge is -2.28. The molecule has 2 atom stereocenters. The molecule has 4 N–H and O–H groups in total. The molecule has 6 heteroatoms. The number of aromatic nitrogens is 4. The highest BCUT2D eigenvalue weighted by atomic mass is 15.0. The highest BCUT2D eigenvalue weighted by molar-refractivity contribution is 5.71. The quantitative estimate of drug-likeness (QED) is 0.234. The van der Waals surface area contributed by atoms with E-state index in [9.17, 15) is 0 Å². The van der Waals surface area contributed by atoms with E-state index in [4.69, 9.17) is 0 Å². The van der Waals surface area contributed by atoms with Gasteiger partial charge in [0.05, 0.1) is 35.9 Å². The van der Waals surface area contributed by atoms with E-state index < -0.39 is 0 Å². The van der Waals surface area contributed by atoms with Crippen molar-refractivity contribution in [2.45, 2.75) is 53.6 Å². The van der Waals surface area contributed by atoms with Gasteiger partial charge in [-0.05, 0) is 47.2 Å². The van der Waals surface area contributed by atoms with Crippen LogP contribution in [0.1, 0.15) is 65.3 Å². The number of imidazole rings is 2. The molecule has 2 heterocycles. The maximum Gasteiger partial charge on any atom is 0.124 e. The minimum atomic E-state index is 0.0683. The molecule has 0 bridgehead atoms. The van der Waals surface area contributed by atoms with Gasteiger partial charge < -0.3 is 20.6 Å². The molecule has 1 unspecified atom stereocenters. The Hall–Kier alpha value is -3.22. The van der Waals surface area contributed by atoms with Crippen LogP contribution in [0.15, 0.2) is 60.9 Å². The lowest BCUT2D eigenvalue weighted by Crippen LogP contribution is -2.30. The first kappa shape index (κ1) is 25.9. The second kappa shape index (κ2) is 10.0. The smallest absolute Gasteiger partial charge is 0.124 e. The third kappa shape index (κ3) is 5.45. The number of hydrogen-bond donors (Lipinski definition) is 4. The molecule has 0 fully saturated rings. The molecule has 190 valence electrons. The monoisotopic (exact) mass is 484 g/mol. The van der Waals surface area contributed by atoms with Crippen molar-refractivity contribution >= 4 is 0 Å². The van der Waals surface area contributed by atoms with E-state index in [-0.39, 0.29) is 22.9 Å². The summed E-state index contributed by atoms with van der Waals surface area (Å²) in [6.07, 6.45) is 3.85. The molecule has 0 aliphatic carbocycles. The normalized spacial score (nSPS) is 14.1. The third-order valence-corrected chi connectivity index (χ3v) is 6.77. The van der Waals surface area contributed by atoms with Crippen molar-refractivity contribution in [2.75, 3.05) is 14.1 Å². The van der Waals surface area contributed by atoms with Crippen molar-refractivity contribution in [3.05, 3.63) is 72.6 Å². The number of benzene rings is 2. The molecule has 2 aromatic carbocycles. The van der Waals surface area contributed by atoms with Gasteiger partial charge in [-0.2, -0.15) is 0 Å². The number of nitrogens with zero attached hydrogens (tertiary/aromatic N) is 2. The molecule has 0 aliphatic heterocycles. The lowest BCUT2D eigenvalue weighted by atomic mass is 9.86. The predicted octanol–water partition coefficient (Wildman–Crippen LogP) is 6.75. The number of hydrogen-bond acceptors (Lipinski definition) is 4. The van der Waals surface area contributed by atoms with E-state index in [0.717, 1.165) is 34.2 Å². The lowest BCUT2D eigenvalue weighted by molar-refractivity contribution is 0.277. The maximum absolute atomic E-state index is 4.65. The van der Waals surface area contributed by atoms with Crippen LogP contribution in [-0.2, 0) is 0 Å². The molecule has 2 aromatic heterocycles. The van der Waals surface area contributed by atoms with E-state index in [2.05, 4.69) is 121 Å². The summed E-state index contributed by atoms with van der Waals surface area (Å²) < 4.78 is 0. The SMILES string of the molecule is CNC(c1ncc(-c2ccc(-c3ccc(-c4cnc([C@@H](NC)C(C)(C)C)[nH]4)cc3)cc2)[nH]1)C(C)(C)C. The van der Waals surface area contributed by atoms with Crippen molar-refractivity contribution in [1.29, 1.82) is 0 Å². The van der Waals surface area contributed by atoms with Crippen molar-refractivity contribution in [1.82, 2.24) is 30.6 Å². The predicted molar refractivity (Wildman–Crippen MR) is 150 cm³/mol. The highest BCUT2D eigenvalue weighted by Crippen LogP contribution is 2.34. The van der Waals surface area contributed by atoms with E-state index in [1.807, 2.05) is 26.5 Å². The average molecular weight is 485 g/mol. The third-order valence-electron chi connectivity index (χ3n) is 6.77. The zero-order chi connectivity index (χ0) is 26.1. The summed E-state index contributed by atoms with van der Waals surface area (Å²) in [5.74, 6) is 1.93. The van der Waals surface area contributed by atoms with E-state index in [1.54, 1.807) is 0 Å². The minimum absolute atomic E-state index is 0.0683.